The van der Waals surface area contributed by atoms with E-state index < -0.39 is 5.92 Å². The van der Waals surface area contributed by atoms with Crippen LogP contribution in [0.15, 0.2) is 58.7 Å². The molecular weight excluding hydrogens is 407 g/mol. The zero-order chi connectivity index (χ0) is 20.7. The van der Waals surface area contributed by atoms with Crippen LogP contribution in [0.4, 0.5) is 10.2 Å². The van der Waals surface area contributed by atoms with Crippen LogP contribution < -0.4 is 5.32 Å². The molecule has 152 valence electrons. The Labute approximate surface area is 174 Å². The van der Waals surface area contributed by atoms with Gasteiger partial charge in [0.15, 0.2) is 4.96 Å². The van der Waals surface area contributed by atoms with Crippen molar-refractivity contribution in [3.63, 3.8) is 0 Å². The van der Waals surface area contributed by atoms with Crippen LogP contribution in [-0.2, 0) is 16.1 Å². The van der Waals surface area contributed by atoms with Crippen LogP contribution in [0.25, 0.3) is 16.2 Å². The number of furan rings is 1. The molecule has 0 bridgehead atoms. The molecule has 0 spiro atoms. The van der Waals surface area contributed by atoms with E-state index in [1.165, 1.54) is 23.5 Å². The summed E-state index contributed by atoms with van der Waals surface area (Å²) >= 11 is 1.44. The summed E-state index contributed by atoms with van der Waals surface area (Å²) < 4.78 is 20.4. The minimum Gasteiger partial charge on any atom is -0.467 e. The fraction of sp³-hybridized carbons (Fsp3) is 0.190. The number of aromatic nitrogens is 2. The monoisotopic (exact) mass is 424 g/mol. The smallest absolute Gasteiger partial charge is 0.230 e. The molecule has 0 aliphatic carbocycles. The van der Waals surface area contributed by atoms with E-state index in [1.54, 1.807) is 39.8 Å². The number of likely N-dealkylation sites (tertiary alicyclic amines) is 1. The van der Waals surface area contributed by atoms with E-state index >= 15 is 0 Å². The quantitative estimate of drug-likeness (QED) is 0.529. The van der Waals surface area contributed by atoms with Gasteiger partial charge < -0.3 is 14.6 Å². The third-order valence-electron chi connectivity index (χ3n) is 5.13. The number of amides is 2. The average molecular weight is 424 g/mol. The summed E-state index contributed by atoms with van der Waals surface area (Å²) in [6.45, 7) is 0.667. The molecule has 7 nitrogen and oxygen atoms in total. The number of nitrogens with zero attached hydrogens (tertiary/aromatic N) is 3. The van der Waals surface area contributed by atoms with Gasteiger partial charge in [-0.25, -0.2) is 9.37 Å². The molecule has 0 saturated carbocycles. The Hall–Kier alpha value is -3.46. The van der Waals surface area contributed by atoms with E-state index in [9.17, 15) is 14.0 Å². The lowest BCUT2D eigenvalue weighted by atomic mass is 10.1. The molecule has 1 aliphatic rings. The average Bonchev–Trinajstić information content (AvgIpc) is 3.50. The fourth-order valence-corrected chi connectivity index (χ4v) is 4.34. The van der Waals surface area contributed by atoms with Gasteiger partial charge in [0.25, 0.3) is 0 Å². The zero-order valence-corrected chi connectivity index (χ0v) is 16.6. The molecule has 1 unspecified atom stereocenters. The SMILES string of the molecule is O=C(Nc1c(-c2ccc(F)cc2)nc2sccn12)C1CC(=O)N(Cc2ccco2)C1. The van der Waals surface area contributed by atoms with Gasteiger partial charge in [-0.3, -0.25) is 14.0 Å². The topological polar surface area (TPSA) is 79.9 Å². The van der Waals surface area contributed by atoms with Crippen molar-refractivity contribution in [2.75, 3.05) is 11.9 Å². The van der Waals surface area contributed by atoms with Crippen molar-refractivity contribution in [3.8, 4) is 11.3 Å². The van der Waals surface area contributed by atoms with E-state index in [1.807, 2.05) is 11.6 Å². The number of nitrogens with one attached hydrogen (secondary N) is 1. The number of fused-ring (bicyclic) bond motifs is 1. The maximum Gasteiger partial charge on any atom is 0.230 e. The first-order valence-corrected chi connectivity index (χ1v) is 10.3. The largest absolute Gasteiger partial charge is 0.467 e. The van der Waals surface area contributed by atoms with Crippen molar-refractivity contribution in [2.45, 2.75) is 13.0 Å². The molecular formula is C21H17FN4O3S. The van der Waals surface area contributed by atoms with E-state index in [2.05, 4.69) is 10.3 Å². The van der Waals surface area contributed by atoms with Gasteiger partial charge in [-0.15, -0.1) is 11.3 Å². The zero-order valence-electron chi connectivity index (χ0n) is 15.7. The predicted molar refractivity (Wildman–Crippen MR) is 109 cm³/mol. The fourth-order valence-electron chi connectivity index (χ4n) is 3.62. The summed E-state index contributed by atoms with van der Waals surface area (Å²) in [5.74, 6) is 0.0451. The summed E-state index contributed by atoms with van der Waals surface area (Å²) in [6, 6.07) is 9.54. The first-order chi connectivity index (χ1) is 14.6. The van der Waals surface area contributed by atoms with Crippen LogP contribution in [-0.4, -0.2) is 32.6 Å². The second-order valence-electron chi connectivity index (χ2n) is 7.12. The maximum absolute atomic E-state index is 13.3. The number of rotatable bonds is 5. The lowest BCUT2D eigenvalue weighted by Gasteiger charge is -2.15. The lowest BCUT2D eigenvalue weighted by molar-refractivity contribution is -0.128. The lowest BCUT2D eigenvalue weighted by Crippen LogP contribution is -2.28. The van der Waals surface area contributed by atoms with Gasteiger partial charge in [0.2, 0.25) is 11.8 Å². The Kier molecular flexibility index (Phi) is 4.59. The van der Waals surface area contributed by atoms with Gasteiger partial charge in [-0.05, 0) is 36.4 Å². The highest BCUT2D eigenvalue weighted by atomic mass is 32.1. The maximum atomic E-state index is 13.3. The molecule has 0 radical (unpaired) electrons. The molecule has 1 aliphatic heterocycles. The Morgan fingerprint density at radius 1 is 1.30 bits per heavy atom. The van der Waals surface area contributed by atoms with Crippen LogP contribution in [0.1, 0.15) is 12.2 Å². The van der Waals surface area contributed by atoms with Crippen molar-refractivity contribution in [1.29, 1.82) is 0 Å². The Balaban J connectivity index is 1.38. The van der Waals surface area contributed by atoms with Crippen LogP contribution in [0.5, 0.6) is 0 Å². The number of hydrogen-bond donors (Lipinski definition) is 1. The van der Waals surface area contributed by atoms with Crippen LogP contribution in [0.2, 0.25) is 0 Å². The Bertz CT molecular complexity index is 1210. The molecule has 4 aromatic rings. The van der Waals surface area contributed by atoms with Crippen molar-refractivity contribution >= 4 is 33.9 Å². The highest BCUT2D eigenvalue weighted by molar-refractivity contribution is 7.15. The van der Waals surface area contributed by atoms with Crippen LogP contribution in [0.3, 0.4) is 0 Å². The number of thiazole rings is 1. The first kappa shape index (κ1) is 18.6. The van der Waals surface area contributed by atoms with E-state index in [4.69, 9.17) is 4.42 Å². The van der Waals surface area contributed by atoms with Gasteiger partial charge in [-0.2, -0.15) is 0 Å². The van der Waals surface area contributed by atoms with Crippen LogP contribution >= 0.6 is 11.3 Å². The molecule has 1 atom stereocenters. The minimum absolute atomic E-state index is 0.0840. The van der Waals surface area contributed by atoms with Crippen LogP contribution in [0, 0.1) is 11.7 Å². The Morgan fingerprint density at radius 3 is 2.90 bits per heavy atom. The molecule has 1 N–H and O–H groups in total. The van der Waals surface area contributed by atoms with Gasteiger partial charge >= 0.3 is 0 Å². The summed E-state index contributed by atoms with van der Waals surface area (Å²) in [7, 11) is 0. The van der Waals surface area contributed by atoms with Crippen molar-refractivity contribution < 1.29 is 18.4 Å². The minimum atomic E-state index is -0.474. The predicted octanol–water partition coefficient (Wildman–Crippen LogP) is 3.78. The number of anilines is 1. The standard InChI is InChI=1S/C21H17FN4O3S/c22-15-5-3-13(4-6-15)18-19(26-7-9-30-21(26)23-18)24-20(28)14-10-17(27)25(11-14)12-16-2-1-8-29-16/h1-9,14H,10-12H2,(H,24,28). The summed E-state index contributed by atoms with van der Waals surface area (Å²) in [5, 5.41) is 4.82. The summed E-state index contributed by atoms with van der Waals surface area (Å²) in [4.78, 5) is 32.3. The Morgan fingerprint density at radius 2 is 2.13 bits per heavy atom. The van der Waals surface area contributed by atoms with E-state index in [0.29, 0.717) is 40.9 Å². The highest BCUT2D eigenvalue weighted by Gasteiger charge is 2.35. The number of benzene rings is 1. The van der Waals surface area contributed by atoms with E-state index in [-0.39, 0.29) is 24.1 Å². The third-order valence-corrected chi connectivity index (χ3v) is 5.89. The van der Waals surface area contributed by atoms with Crippen molar-refractivity contribution in [2.24, 2.45) is 5.92 Å². The van der Waals surface area contributed by atoms with Crippen molar-refractivity contribution in [1.82, 2.24) is 14.3 Å². The molecule has 30 heavy (non-hydrogen) atoms. The van der Waals surface area contributed by atoms with Gasteiger partial charge in [0.05, 0.1) is 18.7 Å². The molecule has 1 fully saturated rings. The molecule has 9 heteroatoms. The van der Waals surface area contributed by atoms with E-state index in [0.717, 1.165) is 0 Å². The molecule has 1 saturated heterocycles. The second kappa shape index (κ2) is 7.42. The van der Waals surface area contributed by atoms with Gasteiger partial charge in [-0.1, -0.05) is 0 Å². The summed E-state index contributed by atoms with van der Waals surface area (Å²) in [6.07, 6.45) is 3.52. The van der Waals surface area contributed by atoms with Gasteiger partial charge in [0.1, 0.15) is 23.1 Å². The molecule has 1 aromatic carbocycles. The normalized spacial score (nSPS) is 16.5. The molecule has 4 heterocycles. The number of halogens is 1. The van der Waals surface area contributed by atoms with Gasteiger partial charge in [0, 0.05) is 30.1 Å². The second-order valence-corrected chi connectivity index (χ2v) is 7.99. The number of hydrogen-bond acceptors (Lipinski definition) is 5. The molecule has 3 aromatic heterocycles. The van der Waals surface area contributed by atoms with Crippen molar-refractivity contribution in [3.05, 3.63) is 65.8 Å². The molecule has 5 rings (SSSR count). The summed E-state index contributed by atoms with van der Waals surface area (Å²) in [5.41, 5.74) is 1.26. The molecule has 2 amide bonds. The first-order valence-electron chi connectivity index (χ1n) is 9.41. The number of imidazole rings is 1. The number of carbonyl (C=O) groups excluding carboxylic acids is 2. The number of carbonyl (C=O) groups is 2. The third kappa shape index (κ3) is 3.37. The highest BCUT2D eigenvalue weighted by Crippen LogP contribution is 2.32.